The number of dihydropyridines is 1. The number of ketones is 2. The summed E-state index contributed by atoms with van der Waals surface area (Å²) in [7, 11) is 0. The number of aromatic nitrogens is 2. The Balaban J connectivity index is 1.44. The molecule has 0 saturated carbocycles. The predicted octanol–water partition coefficient (Wildman–Crippen LogP) is 16.6. The third-order valence-corrected chi connectivity index (χ3v) is 16.6. The van der Waals surface area contributed by atoms with Crippen molar-refractivity contribution in [1.82, 2.24) is 31.2 Å². The van der Waals surface area contributed by atoms with Crippen molar-refractivity contribution in [2.45, 2.75) is 285 Å². The number of carbonyl (C=O) groups is 4. The molecule has 1 aromatic heterocycles. The summed E-state index contributed by atoms with van der Waals surface area (Å²) in [6.45, 7) is 15.9. The number of allylic oxidation sites excluding steroid dienone is 6. The second-order valence-electron chi connectivity index (χ2n) is 23.8. The third-order valence-electron chi connectivity index (χ3n) is 16.6. The first-order valence-corrected chi connectivity index (χ1v) is 32.4. The Morgan fingerprint density at radius 2 is 1.10 bits per heavy atom. The van der Waals surface area contributed by atoms with Crippen LogP contribution in [0.15, 0.2) is 58.8 Å². The molecule has 0 spiro atoms. The number of aryl methyl sites for hydroxylation is 1. The zero-order valence-corrected chi connectivity index (χ0v) is 50.5. The maximum atomic E-state index is 13.9. The molecule has 0 aromatic carbocycles. The fourth-order valence-electron chi connectivity index (χ4n) is 12.3. The molecule has 3 amide bonds. The number of hydrogen-bond donors (Lipinski definition) is 5. The fourth-order valence-corrected chi connectivity index (χ4v) is 12.3. The van der Waals surface area contributed by atoms with Crippen molar-refractivity contribution in [1.29, 1.82) is 0 Å². The smallest absolute Gasteiger partial charge is 0.320 e. The molecule has 0 bridgehead atoms. The number of amides is 3. The number of H-pyrrole nitrogens is 1. The molecule has 11 nitrogen and oxygen atoms in total. The van der Waals surface area contributed by atoms with Crippen LogP contribution in [0.25, 0.3) is 0 Å². The van der Waals surface area contributed by atoms with E-state index in [4.69, 9.17) is 0 Å². The summed E-state index contributed by atoms with van der Waals surface area (Å²) < 4.78 is 0. The van der Waals surface area contributed by atoms with Gasteiger partial charge < -0.3 is 20.9 Å². The molecule has 1 aromatic rings. The van der Waals surface area contributed by atoms with Crippen LogP contribution in [-0.2, 0) is 20.8 Å². The number of hydrogen-bond acceptors (Lipinski definition) is 7. The van der Waals surface area contributed by atoms with E-state index in [0.29, 0.717) is 91.5 Å². The summed E-state index contributed by atoms with van der Waals surface area (Å²) >= 11 is 0. The van der Waals surface area contributed by atoms with Crippen LogP contribution in [0, 0.1) is 36.5 Å². The van der Waals surface area contributed by atoms with Gasteiger partial charge in [-0.1, -0.05) is 200 Å². The molecule has 0 fully saturated rings. The lowest BCUT2D eigenvalue weighted by molar-refractivity contribution is -0.123. The molecule has 78 heavy (non-hydrogen) atoms. The standard InChI is InChI=1S/C67H114N6O5/c1-7-10-13-21-29-38-57(51-65(76)68-46-35-26-20-24-32-41-59(75)52-64-71-55(6)50-66(77)72-64)61-45-44-56(37-28-14-11-8-2)60(42-33-15-12-9-3)62(61)43-34-25-18-16-17-22-30-39-58(74)40-31-23-19-27-36-47-69-67(78)73-63-49-53(4)48-54(5)70-63/h44-45,48-50,56-57,60-62,70H,4,7-43,46-47,51-52H2,1-3,5-6H3,(H,68,76)(H2,69,73,78)(H,71,72,77). The van der Waals surface area contributed by atoms with Gasteiger partial charge in [-0.3, -0.25) is 24.5 Å². The van der Waals surface area contributed by atoms with E-state index in [1.54, 1.807) is 6.92 Å². The van der Waals surface area contributed by atoms with Gasteiger partial charge in [0, 0.05) is 56.2 Å². The molecule has 2 aliphatic rings. The van der Waals surface area contributed by atoms with Crippen LogP contribution in [0.3, 0.4) is 0 Å². The van der Waals surface area contributed by atoms with Crippen molar-refractivity contribution in [3.8, 4) is 0 Å². The van der Waals surface area contributed by atoms with Crippen LogP contribution >= 0.6 is 0 Å². The van der Waals surface area contributed by atoms with E-state index in [1.807, 2.05) is 19.1 Å². The first kappa shape index (κ1) is 68.0. The Morgan fingerprint density at radius 3 is 1.71 bits per heavy atom. The molecule has 11 heteroatoms. The van der Waals surface area contributed by atoms with Crippen LogP contribution < -0.4 is 26.8 Å². The lowest BCUT2D eigenvalue weighted by atomic mass is 9.61. The van der Waals surface area contributed by atoms with Crippen LogP contribution in [0.5, 0.6) is 0 Å². The number of rotatable bonds is 48. The summed E-state index contributed by atoms with van der Waals surface area (Å²) in [4.78, 5) is 70.1. The monoisotopic (exact) mass is 1080 g/mol. The Labute approximate surface area is 475 Å². The van der Waals surface area contributed by atoms with Crippen molar-refractivity contribution < 1.29 is 19.2 Å². The molecule has 442 valence electrons. The molecule has 1 aliphatic carbocycles. The van der Waals surface area contributed by atoms with Crippen molar-refractivity contribution >= 4 is 23.5 Å². The molecule has 5 atom stereocenters. The average molecular weight is 1080 g/mol. The van der Waals surface area contributed by atoms with Gasteiger partial charge in [0.25, 0.3) is 5.56 Å². The quantitative estimate of drug-likeness (QED) is 0.0320. The van der Waals surface area contributed by atoms with Gasteiger partial charge in [-0.05, 0) is 119 Å². The Hall–Kier alpha value is -4.28. The van der Waals surface area contributed by atoms with Crippen molar-refractivity contribution in [3.63, 3.8) is 0 Å². The summed E-state index contributed by atoms with van der Waals surface area (Å²) in [5.41, 5.74) is 2.22. The first-order chi connectivity index (χ1) is 37.9. The zero-order valence-electron chi connectivity index (χ0n) is 50.5. The number of nitrogens with one attached hydrogen (secondary N) is 5. The number of aromatic amines is 1. The summed E-state index contributed by atoms with van der Waals surface area (Å²) in [5, 5.41) is 12.3. The molecule has 2 heterocycles. The molecule has 0 saturated heterocycles. The fraction of sp³-hybridized carbons (Fsp3) is 0.761. The van der Waals surface area contributed by atoms with E-state index >= 15 is 0 Å². The lowest BCUT2D eigenvalue weighted by Crippen LogP contribution is -2.39. The van der Waals surface area contributed by atoms with Crippen molar-refractivity contribution in [2.24, 2.45) is 29.6 Å². The van der Waals surface area contributed by atoms with Crippen molar-refractivity contribution in [2.75, 3.05) is 13.1 Å². The molecular formula is C67H114N6O5. The van der Waals surface area contributed by atoms with E-state index in [-0.39, 0.29) is 29.7 Å². The van der Waals surface area contributed by atoms with Crippen LogP contribution in [-0.4, -0.2) is 46.6 Å². The first-order valence-electron chi connectivity index (χ1n) is 32.4. The SMILES string of the molecule is C=C1C=C(C)NC(NC(=O)NCCCCCCCC(=O)CCCCCCCCCC2C(C(CCCCCCC)CC(=O)NCCCCCCCC(=O)Cc3nc(C)cc(=O)[nH]3)C=CC(CCCCCC)C2CCCCCC)=C1. The molecule has 5 unspecified atom stereocenters. The van der Waals surface area contributed by atoms with Crippen LogP contribution in [0.1, 0.15) is 283 Å². The van der Waals surface area contributed by atoms with E-state index in [1.165, 1.54) is 141 Å². The molecule has 5 N–H and O–H groups in total. The summed E-state index contributed by atoms with van der Waals surface area (Å²) in [6.07, 6.45) is 51.9. The minimum absolute atomic E-state index is 0.109. The Kier molecular flexibility index (Phi) is 37.9. The number of nitrogens with zero attached hydrogens (tertiary/aromatic N) is 1. The second-order valence-corrected chi connectivity index (χ2v) is 23.8. The van der Waals surface area contributed by atoms with Gasteiger partial charge in [-0.25, -0.2) is 9.78 Å². The van der Waals surface area contributed by atoms with E-state index in [0.717, 1.165) is 94.7 Å². The average Bonchev–Trinajstić information content (AvgIpc) is 3.41. The third kappa shape index (κ3) is 32.1. The van der Waals surface area contributed by atoms with Gasteiger partial charge in [0.1, 0.15) is 23.2 Å². The number of unbranched alkanes of at least 4 members (excludes halogenated alkanes) is 24. The lowest BCUT2D eigenvalue weighted by Gasteiger charge is -2.44. The van der Waals surface area contributed by atoms with Crippen LogP contribution in [0.2, 0.25) is 0 Å². The van der Waals surface area contributed by atoms with Gasteiger partial charge in [0.15, 0.2) is 0 Å². The minimum atomic E-state index is -0.213. The second kappa shape index (κ2) is 43.5. The van der Waals surface area contributed by atoms with Crippen LogP contribution in [0.4, 0.5) is 4.79 Å². The summed E-state index contributed by atoms with van der Waals surface area (Å²) in [5.74, 6) is 4.67. The van der Waals surface area contributed by atoms with E-state index in [9.17, 15) is 24.0 Å². The molecular weight excluding hydrogens is 969 g/mol. The highest BCUT2D eigenvalue weighted by Crippen LogP contribution is 2.47. The number of urea groups is 1. The van der Waals surface area contributed by atoms with Gasteiger partial charge >= 0.3 is 6.03 Å². The van der Waals surface area contributed by atoms with Gasteiger partial charge in [-0.2, -0.15) is 0 Å². The maximum absolute atomic E-state index is 13.9. The Morgan fingerprint density at radius 1 is 0.590 bits per heavy atom. The number of carbonyl (C=O) groups excluding carboxylic acids is 4. The van der Waals surface area contributed by atoms with E-state index < -0.39 is 0 Å². The molecule has 1 aliphatic heterocycles. The van der Waals surface area contributed by atoms with E-state index in [2.05, 4.69) is 70.7 Å². The summed E-state index contributed by atoms with van der Waals surface area (Å²) in [6, 6.07) is 1.23. The normalized spacial score (nSPS) is 17.5. The maximum Gasteiger partial charge on any atom is 0.320 e. The topological polar surface area (TPSA) is 162 Å². The highest BCUT2D eigenvalue weighted by Gasteiger charge is 2.39. The molecule has 0 radical (unpaired) electrons. The predicted molar refractivity (Wildman–Crippen MR) is 326 cm³/mol. The highest BCUT2D eigenvalue weighted by atomic mass is 16.2. The van der Waals surface area contributed by atoms with Gasteiger partial charge in [-0.15, -0.1) is 0 Å². The minimum Gasteiger partial charge on any atom is -0.356 e. The van der Waals surface area contributed by atoms with Gasteiger partial charge in [0.05, 0.1) is 6.42 Å². The zero-order chi connectivity index (χ0) is 56.4. The Bertz CT molecular complexity index is 1990. The van der Waals surface area contributed by atoms with Gasteiger partial charge in [0.2, 0.25) is 5.91 Å². The highest BCUT2D eigenvalue weighted by molar-refractivity contribution is 5.80. The molecule has 3 rings (SSSR count). The largest absolute Gasteiger partial charge is 0.356 e. The number of Topliss-reactive ketones (excluding diaryl/α,β-unsaturated/α-hetero) is 2. The van der Waals surface area contributed by atoms with Crippen molar-refractivity contribution in [3.05, 3.63) is 75.9 Å².